The average molecular weight is 584 g/mol. The number of para-hydroxylation sites is 2. The molecule has 2 amide bonds. The Bertz CT molecular complexity index is 1430. The summed E-state index contributed by atoms with van der Waals surface area (Å²) < 4.78 is 48.4. The Balaban J connectivity index is 2.06. The average Bonchev–Trinajstić information content (AvgIpc) is 2.94. The highest BCUT2D eigenvalue weighted by Gasteiger charge is 2.33. The molecular formula is C31H38FN3O5S. The molecule has 0 aliphatic heterocycles. The predicted molar refractivity (Wildman–Crippen MR) is 158 cm³/mol. The first-order chi connectivity index (χ1) is 19.4. The van der Waals surface area contributed by atoms with Gasteiger partial charge in [-0.1, -0.05) is 55.8 Å². The number of carbonyl (C=O) groups excluding carboxylic acids is 2. The number of benzene rings is 3. The number of rotatable bonds is 13. The summed E-state index contributed by atoms with van der Waals surface area (Å²) in [6.07, 6.45) is 0. The van der Waals surface area contributed by atoms with Gasteiger partial charge in [0.1, 0.15) is 24.2 Å². The minimum Gasteiger partial charge on any atom is -0.492 e. The summed E-state index contributed by atoms with van der Waals surface area (Å²) in [6.45, 7) is 9.20. The smallest absolute Gasteiger partial charge is 0.264 e. The van der Waals surface area contributed by atoms with Crippen molar-refractivity contribution < 1.29 is 27.1 Å². The van der Waals surface area contributed by atoms with Gasteiger partial charge in [-0.15, -0.1) is 0 Å². The minimum absolute atomic E-state index is 0.00927. The van der Waals surface area contributed by atoms with Gasteiger partial charge in [0.25, 0.3) is 10.0 Å². The number of amides is 2. The molecule has 0 heterocycles. The molecule has 0 bridgehead atoms. The van der Waals surface area contributed by atoms with Crippen molar-refractivity contribution in [2.24, 2.45) is 5.92 Å². The lowest BCUT2D eigenvalue weighted by atomic mass is 10.1. The third-order valence-corrected chi connectivity index (χ3v) is 8.21. The van der Waals surface area contributed by atoms with Crippen molar-refractivity contribution in [3.8, 4) is 5.75 Å². The number of ether oxygens (including phenoxy) is 1. The summed E-state index contributed by atoms with van der Waals surface area (Å²) in [7, 11) is -4.23. The zero-order chi connectivity index (χ0) is 30.2. The molecule has 10 heteroatoms. The molecular weight excluding hydrogens is 545 g/mol. The van der Waals surface area contributed by atoms with Crippen molar-refractivity contribution >= 4 is 27.5 Å². The summed E-state index contributed by atoms with van der Waals surface area (Å²) in [6, 6.07) is 17.6. The SMILES string of the molecule is CCOc1ccccc1N(CC(=O)N(Cc1ccc(F)cc1)[C@@H](C)C(=O)NCC(C)C)S(=O)(=O)c1ccc(C)cc1. The fraction of sp³-hybridized carbons (Fsp3) is 0.355. The van der Waals surface area contributed by atoms with Crippen molar-refractivity contribution in [1.29, 1.82) is 0 Å². The van der Waals surface area contributed by atoms with Gasteiger partial charge in [-0.25, -0.2) is 12.8 Å². The number of carbonyl (C=O) groups is 2. The van der Waals surface area contributed by atoms with E-state index >= 15 is 0 Å². The number of anilines is 1. The van der Waals surface area contributed by atoms with E-state index in [0.717, 1.165) is 9.87 Å². The second kappa shape index (κ2) is 14.1. The van der Waals surface area contributed by atoms with E-state index in [2.05, 4.69) is 5.32 Å². The van der Waals surface area contributed by atoms with E-state index < -0.39 is 34.3 Å². The monoisotopic (exact) mass is 583 g/mol. The van der Waals surface area contributed by atoms with Crippen LogP contribution in [0.3, 0.4) is 0 Å². The van der Waals surface area contributed by atoms with Gasteiger partial charge >= 0.3 is 0 Å². The maximum absolute atomic E-state index is 14.0. The third kappa shape index (κ3) is 8.29. The number of nitrogens with zero attached hydrogens (tertiary/aromatic N) is 2. The Morgan fingerprint density at radius 2 is 1.59 bits per heavy atom. The quantitative estimate of drug-likeness (QED) is 0.308. The summed E-state index contributed by atoms with van der Waals surface area (Å²) in [5.41, 5.74) is 1.67. The van der Waals surface area contributed by atoms with E-state index in [1.54, 1.807) is 50.2 Å². The number of hydrogen-bond acceptors (Lipinski definition) is 5. The van der Waals surface area contributed by atoms with Crippen molar-refractivity contribution in [3.05, 3.63) is 89.7 Å². The first-order valence-electron chi connectivity index (χ1n) is 13.6. The highest BCUT2D eigenvalue weighted by molar-refractivity contribution is 7.92. The molecule has 0 saturated heterocycles. The molecule has 0 spiro atoms. The molecule has 0 radical (unpaired) electrons. The molecule has 3 aromatic rings. The molecule has 0 aliphatic rings. The van der Waals surface area contributed by atoms with Gasteiger partial charge in [-0.2, -0.15) is 0 Å². The standard InChI is InChI=1S/C31H38FN3O5S/c1-6-40-29-10-8-7-9-28(29)35(41(38,39)27-17-11-23(4)12-18-27)21-30(36)34(20-25-13-15-26(32)16-14-25)24(5)31(37)33-19-22(2)3/h7-18,22,24H,6,19-21H2,1-5H3,(H,33,37)/t24-/m0/s1. The summed E-state index contributed by atoms with van der Waals surface area (Å²) >= 11 is 0. The molecule has 0 unspecified atom stereocenters. The van der Waals surface area contributed by atoms with Crippen molar-refractivity contribution in [2.45, 2.75) is 52.1 Å². The van der Waals surface area contributed by atoms with E-state index in [4.69, 9.17) is 4.74 Å². The van der Waals surface area contributed by atoms with Gasteiger partial charge in [-0.05, 0) is 68.7 Å². The van der Waals surface area contributed by atoms with E-state index in [9.17, 15) is 22.4 Å². The van der Waals surface area contributed by atoms with Crippen LogP contribution in [0.25, 0.3) is 0 Å². The van der Waals surface area contributed by atoms with E-state index in [1.807, 2.05) is 20.8 Å². The summed E-state index contributed by atoms with van der Waals surface area (Å²) in [4.78, 5) is 28.4. The highest BCUT2D eigenvalue weighted by Crippen LogP contribution is 2.33. The largest absolute Gasteiger partial charge is 0.492 e. The number of sulfonamides is 1. The van der Waals surface area contributed by atoms with Crippen LogP contribution in [0.1, 0.15) is 38.8 Å². The summed E-state index contributed by atoms with van der Waals surface area (Å²) in [5.74, 6) is -0.929. The number of halogens is 1. The van der Waals surface area contributed by atoms with Crippen molar-refractivity contribution in [2.75, 3.05) is 24.0 Å². The van der Waals surface area contributed by atoms with Gasteiger partial charge in [0.15, 0.2) is 0 Å². The van der Waals surface area contributed by atoms with Crippen LogP contribution in [-0.2, 0) is 26.2 Å². The van der Waals surface area contributed by atoms with Crippen LogP contribution in [0, 0.1) is 18.7 Å². The van der Waals surface area contributed by atoms with Crippen LogP contribution < -0.4 is 14.4 Å². The Morgan fingerprint density at radius 1 is 0.951 bits per heavy atom. The summed E-state index contributed by atoms with van der Waals surface area (Å²) in [5, 5.41) is 2.84. The Hall–Kier alpha value is -3.92. The fourth-order valence-electron chi connectivity index (χ4n) is 4.11. The highest BCUT2D eigenvalue weighted by atomic mass is 32.2. The topological polar surface area (TPSA) is 96.0 Å². The normalized spacial score (nSPS) is 12.1. The number of aryl methyl sites for hydroxylation is 1. The molecule has 1 atom stereocenters. The molecule has 41 heavy (non-hydrogen) atoms. The second-order valence-electron chi connectivity index (χ2n) is 10.2. The lowest BCUT2D eigenvalue weighted by molar-refractivity contribution is -0.139. The molecule has 0 saturated carbocycles. The zero-order valence-electron chi connectivity index (χ0n) is 24.1. The van der Waals surface area contributed by atoms with Crippen molar-refractivity contribution in [1.82, 2.24) is 10.2 Å². The second-order valence-corrected chi connectivity index (χ2v) is 12.1. The Kier molecular flexibility index (Phi) is 10.9. The van der Waals surface area contributed by atoms with Crippen LogP contribution in [0.5, 0.6) is 5.75 Å². The molecule has 0 aromatic heterocycles. The van der Waals surface area contributed by atoms with Crippen LogP contribution >= 0.6 is 0 Å². The maximum atomic E-state index is 14.0. The zero-order valence-corrected chi connectivity index (χ0v) is 24.9. The van der Waals surface area contributed by atoms with Gasteiger partial charge in [0, 0.05) is 13.1 Å². The van der Waals surface area contributed by atoms with Crippen LogP contribution in [0.15, 0.2) is 77.7 Å². The Morgan fingerprint density at radius 3 is 2.20 bits per heavy atom. The molecule has 3 rings (SSSR count). The van der Waals surface area contributed by atoms with Gasteiger partial charge in [0.05, 0.1) is 17.2 Å². The molecule has 220 valence electrons. The van der Waals surface area contributed by atoms with Gasteiger partial charge < -0.3 is 15.0 Å². The molecule has 0 aliphatic carbocycles. The van der Waals surface area contributed by atoms with Crippen LogP contribution in [0.4, 0.5) is 10.1 Å². The fourth-order valence-corrected chi connectivity index (χ4v) is 5.54. The van der Waals surface area contributed by atoms with E-state index in [-0.39, 0.29) is 35.6 Å². The predicted octanol–water partition coefficient (Wildman–Crippen LogP) is 4.92. The van der Waals surface area contributed by atoms with Crippen molar-refractivity contribution in [3.63, 3.8) is 0 Å². The maximum Gasteiger partial charge on any atom is 0.264 e. The first-order valence-corrected chi connectivity index (χ1v) is 15.0. The molecule has 3 aromatic carbocycles. The number of hydrogen-bond donors (Lipinski definition) is 1. The third-order valence-electron chi connectivity index (χ3n) is 6.44. The lowest BCUT2D eigenvalue weighted by Gasteiger charge is -2.32. The number of nitrogens with one attached hydrogen (secondary N) is 1. The molecule has 1 N–H and O–H groups in total. The molecule has 8 nitrogen and oxygen atoms in total. The minimum atomic E-state index is -4.23. The van der Waals surface area contributed by atoms with Gasteiger partial charge in [0.2, 0.25) is 11.8 Å². The molecule has 0 fully saturated rings. The van der Waals surface area contributed by atoms with Crippen LogP contribution in [-0.4, -0.2) is 50.9 Å². The first kappa shape index (κ1) is 31.6. The van der Waals surface area contributed by atoms with Gasteiger partial charge in [-0.3, -0.25) is 13.9 Å². The van der Waals surface area contributed by atoms with Crippen LogP contribution in [0.2, 0.25) is 0 Å². The Labute approximate surface area is 242 Å². The van der Waals surface area contributed by atoms with E-state index in [0.29, 0.717) is 17.9 Å². The lowest BCUT2D eigenvalue weighted by Crippen LogP contribution is -2.51. The van der Waals surface area contributed by atoms with E-state index in [1.165, 1.54) is 41.3 Å².